The van der Waals surface area contributed by atoms with Gasteiger partial charge in [0.15, 0.2) is 5.58 Å². The van der Waals surface area contributed by atoms with Gasteiger partial charge in [0.25, 0.3) is 10.0 Å². The summed E-state index contributed by atoms with van der Waals surface area (Å²) in [4.78, 5) is 16.2. The van der Waals surface area contributed by atoms with Crippen molar-refractivity contribution in [2.75, 3.05) is 4.72 Å². The van der Waals surface area contributed by atoms with Gasteiger partial charge in [-0.3, -0.25) is 9.29 Å². The number of fused-ring (bicyclic) bond motifs is 2. The number of oxazole rings is 1. The maximum atomic E-state index is 13.4. The molecule has 0 amide bonds. The van der Waals surface area contributed by atoms with E-state index < -0.39 is 21.7 Å². The largest absolute Gasteiger partial charge is 0.420 e. The first-order valence-corrected chi connectivity index (χ1v) is 12.3. The van der Waals surface area contributed by atoms with Crippen molar-refractivity contribution < 1.29 is 17.2 Å². The lowest BCUT2D eigenvalue weighted by Crippen LogP contribution is -2.29. The SMILES string of the molecule is Cc1cc2c(cc1S(=O)(=O)Nc1cccc(F)n1)oc(=O)n2Cc1cccc2c1C[C@H](N)CC2. The number of aryl methyl sites for hydroxylation is 2. The van der Waals surface area contributed by atoms with Crippen molar-refractivity contribution >= 4 is 26.9 Å². The Bertz CT molecular complexity index is 1580. The van der Waals surface area contributed by atoms with Crippen LogP contribution in [0.25, 0.3) is 11.1 Å². The van der Waals surface area contributed by atoms with E-state index in [0.717, 1.165) is 36.5 Å². The highest BCUT2D eigenvalue weighted by molar-refractivity contribution is 7.92. The molecule has 1 atom stereocenters. The highest BCUT2D eigenvalue weighted by atomic mass is 32.2. The maximum absolute atomic E-state index is 13.4. The fourth-order valence-corrected chi connectivity index (χ4v) is 5.74. The Morgan fingerprint density at radius 2 is 2.03 bits per heavy atom. The van der Waals surface area contributed by atoms with E-state index in [-0.39, 0.29) is 22.3 Å². The Balaban J connectivity index is 1.53. The summed E-state index contributed by atoms with van der Waals surface area (Å²) < 4.78 is 48.4. The minimum Gasteiger partial charge on any atom is -0.408 e. The molecule has 34 heavy (non-hydrogen) atoms. The minimum absolute atomic E-state index is 0.0848. The summed E-state index contributed by atoms with van der Waals surface area (Å²) in [6.45, 7) is 1.91. The summed E-state index contributed by atoms with van der Waals surface area (Å²) in [5.74, 6) is -1.54. The molecular weight excluding hydrogens is 459 g/mol. The highest BCUT2D eigenvalue weighted by Gasteiger charge is 2.23. The smallest absolute Gasteiger partial charge is 0.408 e. The van der Waals surface area contributed by atoms with Crippen LogP contribution in [0.1, 0.15) is 28.7 Å². The van der Waals surface area contributed by atoms with Gasteiger partial charge in [-0.1, -0.05) is 24.3 Å². The van der Waals surface area contributed by atoms with Crippen molar-refractivity contribution in [1.29, 1.82) is 0 Å². The molecule has 1 aliphatic rings. The molecule has 2 aromatic heterocycles. The van der Waals surface area contributed by atoms with Gasteiger partial charge in [0.05, 0.1) is 17.0 Å². The van der Waals surface area contributed by atoms with Crippen LogP contribution in [-0.4, -0.2) is 24.0 Å². The van der Waals surface area contributed by atoms with Gasteiger partial charge in [0, 0.05) is 12.1 Å². The van der Waals surface area contributed by atoms with Crippen molar-refractivity contribution in [1.82, 2.24) is 9.55 Å². The molecule has 0 aliphatic heterocycles. The number of nitrogens with zero attached hydrogens (tertiary/aromatic N) is 2. The topological polar surface area (TPSA) is 120 Å². The summed E-state index contributed by atoms with van der Waals surface area (Å²) in [6.07, 6.45) is 2.58. The fourth-order valence-electron chi connectivity index (χ4n) is 4.50. The molecule has 8 nitrogen and oxygen atoms in total. The monoisotopic (exact) mass is 482 g/mol. The minimum atomic E-state index is -4.10. The molecule has 0 radical (unpaired) electrons. The second kappa shape index (κ2) is 8.37. The molecular formula is C24H23FN4O4S. The summed E-state index contributed by atoms with van der Waals surface area (Å²) in [6, 6.07) is 12.8. The van der Waals surface area contributed by atoms with Crippen molar-refractivity contribution in [3.05, 3.63) is 87.3 Å². The summed E-state index contributed by atoms with van der Waals surface area (Å²) in [5.41, 5.74) is 10.6. The highest BCUT2D eigenvalue weighted by Crippen LogP contribution is 2.28. The van der Waals surface area contributed by atoms with Crippen LogP contribution >= 0.6 is 0 Å². The van der Waals surface area contributed by atoms with Crippen LogP contribution in [-0.2, 0) is 29.4 Å². The number of hydrogen-bond acceptors (Lipinski definition) is 6. The Morgan fingerprint density at radius 1 is 1.24 bits per heavy atom. The normalized spacial score (nSPS) is 15.9. The van der Waals surface area contributed by atoms with E-state index in [1.165, 1.54) is 28.3 Å². The number of halogens is 1. The van der Waals surface area contributed by atoms with E-state index in [1.54, 1.807) is 13.0 Å². The van der Waals surface area contributed by atoms with Crippen LogP contribution in [0.4, 0.5) is 10.2 Å². The zero-order valence-corrected chi connectivity index (χ0v) is 19.2. The molecule has 10 heteroatoms. The lowest BCUT2D eigenvalue weighted by Gasteiger charge is -2.24. The molecule has 5 rings (SSSR count). The summed E-state index contributed by atoms with van der Waals surface area (Å²) in [5, 5.41) is 0. The third kappa shape index (κ3) is 4.10. The lowest BCUT2D eigenvalue weighted by molar-refractivity contribution is 0.514. The van der Waals surface area contributed by atoms with Crippen LogP contribution in [0.3, 0.4) is 0 Å². The molecule has 0 unspecified atom stereocenters. The second-order valence-electron chi connectivity index (χ2n) is 8.55. The molecule has 0 bridgehead atoms. The summed E-state index contributed by atoms with van der Waals surface area (Å²) in [7, 11) is -4.10. The molecule has 0 fully saturated rings. The van der Waals surface area contributed by atoms with Crippen LogP contribution in [0, 0.1) is 12.9 Å². The number of rotatable bonds is 5. The molecule has 3 N–H and O–H groups in total. The first-order valence-electron chi connectivity index (χ1n) is 10.9. The van der Waals surface area contributed by atoms with E-state index in [0.29, 0.717) is 17.6 Å². The van der Waals surface area contributed by atoms with E-state index in [9.17, 15) is 17.6 Å². The molecule has 1 aliphatic carbocycles. The van der Waals surface area contributed by atoms with Crippen molar-refractivity contribution in [2.24, 2.45) is 5.73 Å². The van der Waals surface area contributed by atoms with Gasteiger partial charge in [-0.25, -0.2) is 18.2 Å². The van der Waals surface area contributed by atoms with Gasteiger partial charge in [0.2, 0.25) is 5.95 Å². The molecule has 2 heterocycles. The fraction of sp³-hybridized carbons (Fsp3) is 0.250. The first kappa shape index (κ1) is 22.3. The number of benzene rings is 2. The quantitative estimate of drug-likeness (QED) is 0.422. The predicted molar refractivity (Wildman–Crippen MR) is 126 cm³/mol. The molecule has 0 spiro atoms. The van der Waals surface area contributed by atoms with Gasteiger partial charge < -0.3 is 10.2 Å². The third-order valence-corrected chi connectivity index (χ3v) is 7.65. The zero-order chi connectivity index (χ0) is 24.0. The van der Waals surface area contributed by atoms with Gasteiger partial charge in [-0.05, 0) is 66.6 Å². The Labute approximate surface area is 195 Å². The third-order valence-electron chi connectivity index (χ3n) is 6.16. The average Bonchev–Trinajstić information content (AvgIpc) is 3.07. The number of anilines is 1. The Kier molecular flexibility index (Phi) is 5.49. The van der Waals surface area contributed by atoms with E-state index in [1.807, 2.05) is 12.1 Å². The lowest BCUT2D eigenvalue weighted by atomic mass is 9.85. The summed E-state index contributed by atoms with van der Waals surface area (Å²) >= 11 is 0. The van der Waals surface area contributed by atoms with Gasteiger partial charge in [-0.2, -0.15) is 4.39 Å². The van der Waals surface area contributed by atoms with Gasteiger partial charge in [-0.15, -0.1) is 0 Å². The number of hydrogen-bond donors (Lipinski definition) is 2. The number of sulfonamides is 1. The van der Waals surface area contributed by atoms with E-state index in [2.05, 4.69) is 15.8 Å². The van der Waals surface area contributed by atoms with Crippen LogP contribution in [0.15, 0.2) is 62.6 Å². The molecule has 176 valence electrons. The standard InChI is InChI=1S/C24H23FN4O4S/c1-14-10-19-20(12-21(14)34(31,32)28-23-7-3-6-22(25)27-23)33-24(30)29(19)13-16-5-2-4-15-8-9-17(26)11-18(15)16/h2-7,10,12,17H,8-9,11,13,26H2,1H3,(H,27,28)/t17-/m1/s1. The van der Waals surface area contributed by atoms with E-state index >= 15 is 0 Å². The maximum Gasteiger partial charge on any atom is 0.420 e. The van der Waals surface area contributed by atoms with Gasteiger partial charge >= 0.3 is 5.76 Å². The van der Waals surface area contributed by atoms with Crippen molar-refractivity contribution in [3.63, 3.8) is 0 Å². The average molecular weight is 483 g/mol. The van der Waals surface area contributed by atoms with Crippen LogP contribution in [0.5, 0.6) is 0 Å². The number of nitrogens with two attached hydrogens (primary N) is 1. The first-order chi connectivity index (χ1) is 16.2. The van der Waals surface area contributed by atoms with Crippen molar-refractivity contribution in [2.45, 2.75) is 43.7 Å². The number of aromatic nitrogens is 2. The van der Waals surface area contributed by atoms with E-state index in [4.69, 9.17) is 10.2 Å². The van der Waals surface area contributed by atoms with Gasteiger partial charge in [0.1, 0.15) is 5.82 Å². The Morgan fingerprint density at radius 3 is 2.82 bits per heavy atom. The number of pyridine rings is 1. The second-order valence-corrected chi connectivity index (χ2v) is 10.2. The van der Waals surface area contributed by atoms with Crippen LogP contribution in [0.2, 0.25) is 0 Å². The predicted octanol–water partition coefficient (Wildman–Crippen LogP) is 3.10. The van der Waals surface area contributed by atoms with Crippen molar-refractivity contribution in [3.8, 4) is 0 Å². The molecule has 0 saturated heterocycles. The molecule has 2 aromatic carbocycles. The Hall–Kier alpha value is -3.50. The van der Waals surface area contributed by atoms with Crippen LogP contribution < -0.4 is 16.2 Å². The molecule has 4 aromatic rings. The zero-order valence-electron chi connectivity index (χ0n) is 18.4. The molecule has 0 saturated carbocycles. The number of nitrogens with one attached hydrogen (secondary N) is 1.